The van der Waals surface area contributed by atoms with Gasteiger partial charge in [-0.2, -0.15) is 0 Å². The van der Waals surface area contributed by atoms with Crippen LogP contribution in [0.15, 0.2) is 51.4 Å². The minimum atomic E-state index is -0.354. The number of ketones is 1. The molecule has 0 radical (unpaired) electrons. The Bertz CT molecular complexity index is 679. The number of phenolic OH excluding ortho intramolecular Hbond substituents is 2. The largest absolute Gasteiger partial charge is 0.506 e. The van der Waals surface area contributed by atoms with Gasteiger partial charge in [0, 0.05) is 0 Å². The molecule has 2 aromatic carbocycles. The third-order valence-electron chi connectivity index (χ3n) is 2.66. The highest BCUT2D eigenvalue weighted by Gasteiger charge is 2.17. The number of halogens is 2. The highest BCUT2D eigenvalue weighted by molar-refractivity contribution is 9.11. The SMILES string of the molecule is O=C(/C=C/c1ccccc1)c1cc(Br)c(O)c(Br)c1O. The predicted molar refractivity (Wildman–Crippen MR) is 85.0 cm³/mol. The normalized spacial score (nSPS) is 10.9. The first kappa shape index (κ1) is 14.8. The molecule has 5 heteroatoms. The van der Waals surface area contributed by atoms with Gasteiger partial charge in [-0.15, -0.1) is 0 Å². The van der Waals surface area contributed by atoms with E-state index in [9.17, 15) is 15.0 Å². The molecule has 0 saturated heterocycles. The lowest BCUT2D eigenvalue weighted by atomic mass is 10.1. The van der Waals surface area contributed by atoms with E-state index in [0.29, 0.717) is 4.47 Å². The van der Waals surface area contributed by atoms with E-state index >= 15 is 0 Å². The van der Waals surface area contributed by atoms with Crippen LogP contribution in [0.3, 0.4) is 0 Å². The summed E-state index contributed by atoms with van der Waals surface area (Å²) in [6.45, 7) is 0. The van der Waals surface area contributed by atoms with Crippen molar-refractivity contribution in [2.75, 3.05) is 0 Å². The van der Waals surface area contributed by atoms with Crippen LogP contribution in [0.5, 0.6) is 11.5 Å². The molecule has 0 atom stereocenters. The molecule has 0 bridgehead atoms. The van der Waals surface area contributed by atoms with Crippen LogP contribution >= 0.6 is 31.9 Å². The van der Waals surface area contributed by atoms with Crippen molar-refractivity contribution in [1.82, 2.24) is 0 Å². The summed E-state index contributed by atoms with van der Waals surface area (Å²) in [5.41, 5.74) is 0.992. The summed E-state index contributed by atoms with van der Waals surface area (Å²) in [6.07, 6.45) is 3.04. The third kappa shape index (κ3) is 3.11. The van der Waals surface area contributed by atoms with E-state index in [2.05, 4.69) is 31.9 Å². The van der Waals surface area contributed by atoms with Crippen molar-refractivity contribution in [1.29, 1.82) is 0 Å². The van der Waals surface area contributed by atoms with E-state index in [-0.39, 0.29) is 27.3 Å². The molecule has 102 valence electrons. The molecule has 0 fully saturated rings. The van der Waals surface area contributed by atoms with E-state index in [1.807, 2.05) is 30.3 Å². The molecule has 20 heavy (non-hydrogen) atoms. The van der Waals surface area contributed by atoms with Crippen LogP contribution in [0, 0.1) is 0 Å². The first-order chi connectivity index (χ1) is 9.50. The van der Waals surface area contributed by atoms with E-state index < -0.39 is 0 Å². The molecule has 2 aromatic rings. The molecule has 0 aliphatic carbocycles. The Hall–Kier alpha value is -1.59. The zero-order valence-corrected chi connectivity index (χ0v) is 13.3. The van der Waals surface area contributed by atoms with Crippen molar-refractivity contribution in [3.8, 4) is 11.5 Å². The highest BCUT2D eigenvalue weighted by Crippen LogP contribution is 2.41. The monoisotopic (exact) mass is 396 g/mol. The minimum absolute atomic E-state index is 0.0864. The molecule has 0 aliphatic heterocycles. The minimum Gasteiger partial charge on any atom is -0.506 e. The van der Waals surface area contributed by atoms with Gasteiger partial charge in [-0.1, -0.05) is 36.4 Å². The van der Waals surface area contributed by atoms with Gasteiger partial charge in [-0.05, 0) is 49.6 Å². The maximum atomic E-state index is 12.1. The first-order valence-electron chi connectivity index (χ1n) is 5.68. The Balaban J connectivity index is 2.33. The predicted octanol–water partition coefficient (Wildman–Crippen LogP) is 4.52. The summed E-state index contributed by atoms with van der Waals surface area (Å²) in [4.78, 5) is 12.1. The number of rotatable bonds is 3. The number of carbonyl (C=O) groups excluding carboxylic acids is 1. The van der Waals surface area contributed by atoms with Gasteiger partial charge in [0.05, 0.1) is 10.0 Å². The second kappa shape index (κ2) is 6.24. The third-order valence-corrected chi connectivity index (χ3v) is 4.02. The molecular formula is C15H10Br2O3. The van der Waals surface area contributed by atoms with Gasteiger partial charge in [-0.3, -0.25) is 4.79 Å². The Morgan fingerprint density at radius 1 is 1.05 bits per heavy atom. The van der Waals surface area contributed by atoms with Crippen molar-refractivity contribution in [3.63, 3.8) is 0 Å². The van der Waals surface area contributed by atoms with Crippen LogP contribution in [0.1, 0.15) is 15.9 Å². The summed E-state index contributed by atoms with van der Waals surface area (Å²) in [5.74, 6) is -0.785. The fraction of sp³-hybridized carbons (Fsp3) is 0. The van der Waals surface area contributed by atoms with Crippen LogP contribution in [0.2, 0.25) is 0 Å². The van der Waals surface area contributed by atoms with Gasteiger partial charge in [0.25, 0.3) is 0 Å². The average molecular weight is 398 g/mol. The average Bonchev–Trinajstić information content (AvgIpc) is 2.47. The van der Waals surface area contributed by atoms with Crippen molar-refractivity contribution >= 4 is 43.7 Å². The van der Waals surface area contributed by atoms with Crippen molar-refractivity contribution in [2.45, 2.75) is 0 Å². The lowest BCUT2D eigenvalue weighted by Gasteiger charge is -2.07. The Morgan fingerprint density at radius 2 is 1.70 bits per heavy atom. The van der Waals surface area contributed by atoms with E-state index in [4.69, 9.17) is 0 Å². The number of benzene rings is 2. The molecule has 2 rings (SSSR count). The number of phenols is 2. The smallest absolute Gasteiger partial charge is 0.189 e. The molecule has 3 nitrogen and oxygen atoms in total. The van der Waals surface area contributed by atoms with Crippen LogP contribution in [0.25, 0.3) is 6.08 Å². The summed E-state index contributed by atoms with van der Waals surface area (Å²) in [7, 11) is 0. The zero-order chi connectivity index (χ0) is 14.7. The van der Waals surface area contributed by atoms with E-state index in [1.165, 1.54) is 12.1 Å². The van der Waals surface area contributed by atoms with Crippen LogP contribution in [-0.4, -0.2) is 16.0 Å². The summed E-state index contributed by atoms with van der Waals surface area (Å²) >= 11 is 6.17. The summed E-state index contributed by atoms with van der Waals surface area (Å²) in [5, 5.41) is 19.5. The Labute approximate surface area is 132 Å². The van der Waals surface area contributed by atoms with Gasteiger partial charge >= 0.3 is 0 Å². The number of carbonyl (C=O) groups is 1. The Morgan fingerprint density at radius 3 is 2.35 bits per heavy atom. The van der Waals surface area contributed by atoms with E-state index in [0.717, 1.165) is 5.56 Å². The maximum Gasteiger partial charge on any atom is 0.189 e. The second-order valence-electron chi connectivity index (χ2n) is 4.03. The molecule has 0 spiro atoms. The highest BCUT2D eigenvalue weighted by atomic mass is 79.9. The lowest BCUT2D eigenvalue weighted by molar-refractivity contribution is 0.104. The molecular weight excluding hydrogens is 388 g/mol. The van der Waals surface area contributed by atoms with Gasteiger partial charge in [0.15, 0.2) is 5.78 Å². The number of hydrogen-bond donors (Lipinski definition) is 2. The van der Waals surface area contributed by atoms with Crippen LogP contribution < -0.4 is 0 Å². The fourth-order valence-electron chi connectivity index (χ4n) is 1.61. The fourth-order valence-corrected chi connectivity index (χ4v) is 2.73. The zero-order valence-electron chi connectivity index (χ0n) is 10.2. The summed E-state index contributed by atoms with van der Waals surface area (Å²) in [6, 6.07) is 10.7. The molecule has 0 aliphatic rings. The van der Waals surface area contributed by atoms with E-state index in [1.54, 1.807) is 6.08 Å². The number of hydrogen-bond acceptors (Lipinski definition) is 3. The quantitative estimate of drug-likeness (QED) is 0.591. The number of allylic oxidation sites excluding steroid dienone is 1. The molecule has 0 saturated carbocycles. The van der Waals surface area contributed by atoms with Crippen LogP contribution in [0.4, 0.5) is 0 Å². The first-order valence-corrected chi connectivity index (χ1v) is 7.26. The van der Waals surface area contributed by atoms with Crippen LogP contribution in [-0.2, 0) is 0 Å². The second-order valence-corrected chi connectivity index (χ2v) is 5.67. The van der Waals surface area contributed by atoms with Crippen molar-refractivity contribution in [2.24, 2.45) is 0 Å². The van der Waals surface area contributed by atoms with Gasteiger partial charge in [0.2, 0.25) is 0 Å². The van der Waals surface area contributed by atoms with Gasteiger partial charge in [0.1, 0.15) is 16.0 Å². The molecule has 0 unspecified atom stereocenters. The molecule has 0 amide bonds. The summed E-state index contributed by atoms with van der Waals surface area (Å²) < 4.78 is 0.418. The van der Waals surface area contributed by atoms with Gasteiger partial charge in [-0.25, -0.2) is 0 Å². The topological polar surface area (TPSA) is 57.5 Å². The molecule has 2 N–H and O–H groups in total. The lowest BCUT2D eigenvalue weighted by Crippen LogP contribution is -1.96. The standard InChI is InChI=1S/C15H10Br2O3/c16-11-8-10(14(19)13(17)15(11)20)12(18)7-6-9-4-2-1-3-5-9/h1-8,19-20H/b7-6+. The van der Waals surface area contributed by atoms with Crippen molar-refractivity contribution < 1.29 is 15.0 Å². The maximum absolute atomic E-state index is 12.1. The number of aromatic hydroxyl groups is 2. The molecule has 0 aromatic heterocycles. The van der Waals surface area contributed by atoms with Gasteiger partial charge < -0.3 is 10.2 Å². The van der Waals surface area contributed by atoms with Crippen molar-refractivity contribution in [3.05, 3.63) is 62.5 Å². The molecule has 0 heterocycles. The Kier molecular flexibility index (Phi) is 4.62.